The summed E-state index contributed by atoms with van der Waals surface area (Å²) in [7, 11) is 1.78. The van der Waals surface area contributed by atoms with E-state index >= 15 is 0 Å². The molecule has 0 radical (unpaired) electrons. The molecule has 1 saturated carbocycles. The van der Waals surface area contributed by atoms with E-state index in [1.165, 1.54) is 0 Å². The second-order valence-corrected chi connectivity index (χ2v) is 3.75. The van der Waals surface area contributed by atoms with E-state index in [0.29, 0.717) is 6.54 Å². The molecule has 1 fully saturated rings. The zero-order chi connectivity index (χ0) is 9.47. The van der Waals surface area contributed by atoms with E-state index in [9.17, 15) is 5.11 Å². The SMILES string of the molecule is Cn1nncc1C(O)C1(CN)CC1. The summed E-state index contributed by atoms with van der Waals surface area (Å²) in [5, 5.41) is 17.5. The largest absolute Gasteiger partial charge is 0.386 e. The topological polar surface area (TPSA) is 77.0 Å². The second-order valence-electron chi connectivity index (χ2n) is 3.75. The maximum absolute atomic E-state index is 10.00. The van der Waals surface area contributed by atoms with Gasteiger partial charge in [0.15, 0.2) is 0 Å². The maximum Gasteiger partial charge on any atom is 0.104 e. The third-order valence-electron chi connectivity index (χ3n) is 2.91. The van der Waals surface area contributed by atoms with E-state index in [2.05, 4.69) is 10.3 Å². The highest BCUT2D eigenvalue weighted by Gasteiger charge is 2.49. The van der Waals surface area contributed by atoms with Crippen LogP contribution in [0.25, 0.3) is 0 Å². The van der Waals surface area contributed by atoms with Crippen molar-refractivity contribution in [3.8, 4) is 0 Å². The molecular weight excluding hydrogens is 168 g/mol. The highest BCUT2D eigenvalue weighted by atomic mass is 16.3. The van der Waals surface area contributed by atoms with E-state index in [4.69, 9.17) is 5.73 Å². The molecule has 3 N–H and O–H groups in total. The second kappa shape index (κ2) is 2.78. The Labute approximate surface area is 76.5 Å². The normalized spacial score (nSPS) is 21.5. The minimum atomic E-state index is -0.516. The van der Waals surface area contributed by atoms with Crippen molar-refractivity contribution in [3.05, 3.63) is 11.9 Å². The predicted octanol–water partition coefficient (Wildman–Crippen LogP) is -0.413. The molecular formula is C8H14N4O. The summed E-state index contributed by atoms with van der Waals surface area (Å²) in [6.45, 7) is 0.527. The van der Waals surface area contributed by atoms with Gasteiger partial charge in [-0.15, -0.1) is 5.10 Å². The molecule has 1 aliphatic carbocycles. The molecule has 0 spiro atoms. The first-order chi connectivity index (χ1) is 6.19. The predicted molar refractivity (Wildman–Crippen MR) is 46.7 cm³/mol. The maximum atomic E-state index is 10.00. The first kappa shape index (κ1) is 8.65. The minimum Gasteiger partial charge on any atom is -0.386 e. The van der Waals surface area contributed by atoms with Gasteiger partial charge in [0.05, 0.1) is 11.9 Å². The number of nitrogens with two attached hydrogens (primary N) is 1. The first-order valence-electron chi connectivity index (χ1n) is 4.42. The van der Waals surface area contributed by atoms with Gasteiger partial charge < -0.3 is 10.8 Å². The fourth-order valence-electron chi connectivity index (χ4n) is 1.61. The number of aryl methyl sites for hydroxylation is 1. The molecule has 1 aromatic rings. The summed E-state index contributed by atoms with van der Waals surface area (Å²) in [5.74, 6) is 0. The van der Waals surface area contributed by atoms with Crippen LogP contribution in [0.3, 0.4) is 0 Å². The van der Waals surface area contributed by atoms with Gasteiger partial charge in [-0.1, -0.05) is 5.21 Å². The van der Waals surface area contributed by atoms with Crippen LogP contribution in [0.4, 0.5) is 0 Å². The van der Waals surface area contributed by atoms with Crippen molar-refractivity contribution in [2.45, 2.75) is 18.9 Å². The van der Waals surface area contributed by atoms with Gasteiger partial charge in [-0.05, 0) is 12.8 Å². The van der Waals surface area contributed by atoms with Crippen LogP contribution in [0, 0.1) is 5.41 Å². The van der Waals surface area contributed by atoms with Crippen molar-refractivity contribution in [3.63, 3.8) is 0 Å². The van der Waals surface area contributed by atoms with Gasteiger partial charge in [0.1, 0.15) is 6.10 Å². The number of aliphatic hydroxyl groups is 1. The quantitative estimate of drug-likeness (QED) is 0.666. The molecule has 1 aromatic heterocycles. The molecule has 5 nitrogen and oxygen atoms in total. The Morgan fingerprint density at radius 2 is 2.46 bits per heavy atom. The molecule has 1 atom stereocenters. The highest BCUT2D eigenvalue weighted by molar-refractivity contribution is 5.11. The number of hydrogen-bond donors (Lipinski definition) is 2. The van der Waals surface area contributed by atoms with Crippen LogP contribution in [0.1, 0.15) is 24.6 Å². The molecule has 1 heterocycles. The van der Waals surface area contributed by atoms with Crippen molar-refractivity contribution >= 4 is 0 Å². The van der Waals surface area contributed by atoms with E-state index in [-0.39, 0.29) is 5.41 Å². The van der Waals surface area contributed by atoms with Crippen LogP contribution in [-0.2, 0) is 7.05 Å². The van der Waals surface area contributed by atoms with E-state index < -0.39 is 6.10 Å². The summed E-state index contributed by atoms with van der Waals surface area (Å²) < 4.78 is 1.60. The summed E-state index contributed by atoms with van der Waals surface area (Å²) in [6.07, 6.45) is 3.07. The lowest BCUT2D eigenvalue weighted by Crippen LogP contribution is -2.25. The molecule has 5 heteroatoms. The Morgan fingerprint density at radius 3 is 2.85 bits per heavy atom. The number of hydrogen-bond acceptors (Lipinski definition) is 4. The van der Waals surface area contributed by atoms with Gasteiger partial charge in [-0.2, -0.15) is 0 Å². The molecule has 0 saturated heterocycles. The molecule has 0 aromatic carbocycles. The molecule has 0 bridgehead atoms. The average Bonchev–Trinajstić information content (AvgIpc) is 2.83. The summed E-state index contributed by atoms with van der Waals surface area (Å²) in [6, 6.07) is 0. The molecule has 0 aliphatic heterocycles. The third kappa shape index (κ3) is 1.24. The van der Waals surface area contributed by atoms with Crippen molar-refractivity contribution < 1.29 is 5.11 Å². The van der Waals surface area contributed by atoms with Crippen molar-refractivity contribution in [1.82, 2.24) is 15.0 Å². The van der Waals surface area contributed by atoms with Crippen molar-refractivity contribution in [2.75, 3.05) is 6.54 Å². The third-order valence-corrected chi connectivity index (χ3v) is 2.91. The molecule has 72 valence electrons. The van der Waals surface area contributed by atoms with Gasteiger partial charge in [-0.25, -0.2) is 4.68 Å². The monoisotopic (exact) mass is 182 g/mol. The molecule has 13 heavy (non-hydrogen) atoms. The Balaban J connectivity index is 2.22. The van der Waals surface area contributed by atoms with Crippen LogP contribution >= 0.6 is 0 Å². The van der Waals surface area contributed by atoms with E-state index in [1.807, 2.05) is 0 Å². The Bertz CT molecular complexity index is 305. The fraction of sp³-hybridized carbons (Fsp3) is 0.750. The van der Waals surface area contributed by atoms with Crippen LogP contribution in [0.15, 0.2) is 6.20 Å². The lowest BCUT2D eigenvalue weighted by molar-refractivity contribution is 0.0895. The Hall–Kier alpha value is -0.940. The lowest BCUT2D eigenvalue weighted by Gasteiger charge is -2.19. The summed E-state index contributed by atoms with van der Waals surface area (Å²) in [4.78, 5) is 0. The molecule has 0 amide bonds. The van der Waals surface area contributed by atoms with Gasteiger partial charge in [-0.3, -0.25) is 0 Å². The smallest absolute Gasteiger partial charge is 0.104 e. The van der Waals surface area contributed by atoms with Gasteiger partial charge >= 0.3 is 0 Å². The number of rotatable bonds is 3. The van der Waals surface area contributed by atoms with Gasteiger partial charge in [0.25, 0.3) is 0 Å². The number of aliphatic hydroxyl groups excluding tert-OH is 1. The lowest BCUT2D eigenvalue weighted by atomic mass is 9.97. The standard InChI is InChI=1S/C8H14N4O/c1-12-6(4-10-11-12)7(13)8(5-9)2-3-8/h4,7,13H,2-3,5,9H2,1H3. The van der Waals surface area contributed by atoms with Crippen LogP contribution < -0.4 is 5.73 Å². The summed E-state index contributed by atoms with van der Waals surface area (Å²) >= 11 is 0. The minimum absolute atomic E-state index is 0.102. The summed E-state index contributed by atoms with van der Waals surface area (Å²) in [5.41, 5.74) is 6.27. The molecule has 2 rings (SSSR count). The zero-order valence-corrected chi connectivity index (χ0v) is 7.64. The van der Waals surface area contributed by atoms with Gasteiger partial charge in [0.2, 0.25) is 0 Å². The van der Waals surface area contributed by atoms with Crippen LogP contribution in [0.5, 0.6) is 0 Å². The Kier molecular flexibility index (Phi) is 1.85. The fourth-order valence-corrected chi connectivity index (χ4v) is 1.61. The van der Waals surface area contributed by atoms with Crippen LogP contribution in [0.2, 0.25) is 0 Å². The number of aromatic nitrogens is 3. The van der Waals surface area contributed by atoms with E-state index in [0.717, 1.165) is 18.5 Å². The van der Waals surface area contributed by atoms with Gasteiger partial charge in [0, 0.05) is 19.0 Å². The van der Waals surface area contributed by atoms with Crippen molar-refractivity contribution in [2.24, 2.45) is 18.2 Å². The zero-order valence-electron chi connectivity index (χ0n) is 7.64. The Morgan fingerprint density at radius 1 is 1.77 bits per heavy atom. The molecule has 1 aliphatic rings. The molecule has 1 unspecified atom stereocenters. The van der Waals surface area contributed by atoms with E-state index in [1.54, 1.807) is 17.9 Å². The highest BCUT2D eigenvalue weighted by Crippen LogP contribution is 2.53. The van der Waals surface area contributed by atoms with Crippen molar-refractivity contribution in [1.29, 1.82) is 0 Å². The van der Waals surface area contributed by atoms with Crippen LogP contribution in [-0.4, -0.2) is 26.6 Å². The first-order valence-corrected chi connectivity index (χ1v) is 4.42. The number of nitrogens with zero attached hydrogens (tertiary/aromatic N) is 3. The average molecular weight is 182 g/mol.